The van der Waals surface area contributed by atoms with Gasteiger partial charge in [0.25, 0.3) is 5.91 Å². The molecule has 0 saturated carbocycles. The van der Waals surface area contributed by atoms with Crippen molar-refractivity contribution in [2.45, 2.75) is 44.9 Å². The van der Waals surface area contributed by atoms with Crippen molar-refractivity contribution in [3.63, 3.8) is 0 Å². The first-order valence-corrected chi connectivity index (χ1v) is 16.9. The van der Waals surface area contributed by atoms with E-state index in [9.17, 15) is 4.79 Å². The van der Waals surface area contributed by atoms with Crippen LogP contribution in [-0.2, 0) is 24.5 Å². The molecule has 0 radical (unpaired) electrons. The van der Waals surface area contributed by atoms with E-state index in [-0.39, 0.29) is 28.7 Å². The first-order valence-electron chi connectivity index (χ1n) is 16.1. The predicted molar refractivity (Wildman–Crippen MR) is 178 cm³/mol. The lowest BCUT2D eigenvalue weighted by Gasteiger charge is -2.30. The number of allylic oxidation sites excluding steroid dienone is 6. The Morgan fingerprint density at radius 3 is 2.51 bits per heavy atom. The molecule has 1 aromatic carbocycles. The van der Waals surface area contributed by atoms with Crippen LogP contribution in [0.5, 0.6) is 0 Å². The van der Waals surface area contributed by atoms with Gasteiger partial charge < -0.3 is 19.3 Å². The minimum absolute atomic E-state index is 0.0119. The fourth-order valence-electron chi connectivity index (χ4n) is 7.19. The average molecular weight is 657 g/mol. The summed E-state index contributed by atoms with van der Waals surface area (Å²) < 4.78 is 13.1. The number of hydroxylamine groups is 2. The molecule has 6 rings (SSSR count). The van der Waals surface area contributed by atoms with Gasteiger partial charge in [0.1, 0.15) is 0 Å². The molecule has 4 aliphatic heterocycles. The highest BCUT2D eigenvalue weighted by Crippen LogP contribution is 2.51. The normalized spacial score (nSPS) is 25.6. The van der Waals surface area contributed by atoms with Crippen molar-refractivity contribution in [3.8, 4) is 0 Å². The summed E-state index contributed by atoms with van der Waals surface area (Å²) in [6.45, 7) is 15.9. The molecule has 0 N–H and O–H groups in total. The Bertz CT molecular complexity index is 1470. The number of ether oxygens (including phenoxy) is 2. The van der Waals surface area contributed by atoms with Gasteiger partial charge in [-0.05, 0) is 50.1 Å². The zero-order valence-electron chi connectivity index (χ0n) is 26.9. The lowest BCUT2D eigenvalue weighted by Crippen LogP contribution is -2.44. The predicted octanol–water partition coefficient (Wildman–Crippen LogP) is 5.44. The van der Waals surface area contributed by atoms with Crippen molar-refractivity contribution >= 4 is 40.5 Å². The van der Waals surface area contributed by atoms with Crippen LogP contribution >= 0.6 is 23.2 Å². The SMILES string of the molecule is CC1(C)C2=C(C=CC(Cl)C2)N(CCON2CCOCC2)/C1=C/C=C/C1=[N+](CC(=O)N2CCOCC2)c2ccc(Cl)cc2C1(C)C. The molecule has 0 aromatic heterocycles. The van der Waals surface area contributed by atoms with Crippen LogP contribution in [0.2, 0.25) is 5.02 Å². The van der Waals surface area contributed by atoms with Crippen LogP contribution in [0.4, 0.5) is 5.69 Å². The Morgan fingerprint density at radius 2 is 1.78 bits per heavy atom. The molecule has 0 spiro atoms. The third kappa shape index (κ3) is 6.55. The van der Waals surface area contributed by atoms with Gasteiger partial charge in [-0.25, -0.2) is 0 Å². The summed E-state index contributed by atoms with van der Waals surface area (Å²) in [5.41, 5.74) is 6.44. The second-order valence-electron chi connectivity index (χ2n) is 13.3. The smallest absolute Gasteiger partial charge is 0.288 e. The number of nitrogens with zero attached hydrogens (tertiary/aromatic N) is 4. The van der Waals surface area contributed by atoms with Gasteiger partial charge in [0, 0.05) is 72.3 Å². The number of fused-ring (bicyclic) bond motifs is 1. The summed E-state index contributed by atoms with van der Waals surface area (Å²) in [5.74, 6) is 0.101. The third-order valence-corrected chi connectivity index (χ3v) is 10.3. The van der Waals surface area contributed by atoms with Crippen molar-refractivity contribution in [3.05, 3.63) is 76.1 Å². The van der Waals surface area contributed by atoms with Crippen LogP contribution in [0, 0.1) is 5.41 Å². The van der Waals surface area contributed by atoms with E-state index in [0.717, 1.165) is 43.0 Å². The molecule has 2 fully saturated rings. The average Bonchev–Trinajstić information content (AvgIpc) is 3.36. The van der Waals surface area contributed by atoms with Crippen LogP contribution in [0.1, 0.15) is 39.7 Å². The Labute approximate surface area is 277 Å². The summed E-state index contributed by atoms with van der Waals surface area (Å²) in [5, 5.41) is 2.69. The Hall–Kier alpha value is -2.46. The molecule has 5 aliphatic rings. The number of carbonyl (C=O) groups excluding carboxylic acids is 1. The third-order valence-electron chi connectivity index (χ3n) is 9.73. The van der Waals surface area contributed by atoms with E-state index in [2.05, 4.69) is 67.6 Å². The van der Waals surface area contributed by atoms with Crippen molar-refractivity contribution in [1.82, 2.24) is 14.9 Å². The standard InChI is InChI=1S/C35H45Cl2N4O4/c1-34(2)27-22-25(36)8-10-29(27)40(16-21-45-39-14-19-44-20-15-39)31(34)6-5-7-32-35(3,4)28-23-26(37)9-11-30(28)41(32)24-33(42)38-12-17-43-18-13-38/h5-11,23,25H,12-22,24H2,1-4H3/q+1. The second-order valence-corrected chi connectivity index (χ2v) is 14.3. The Morgan fingerprint density at radius 1 is 1.07 bits per heavy atom. The van der Waals surface area contributed by atoms with Crippen LogP contribution in [0.15, 0.2) is 65.5 Å². The summed E-state index contributed by atoms with van der Waals surface area (Å²) in [6, 6.07) is 5.98. The number of benzene rings is 1. The van der Waals surface area contributed by atoms with Crippen molar-refractivity contribution in [1.29, 1.82) is 0 Å². The molecule has 1 aliphatic carbocycles. The highest BCUT2D eigenvalue weighted by atomic mass is 35.5. The molecule has 45 heavy (non-hydrogen) atoms. The molecule has 8 nitrogen and oxygen atoms in total. The number of alkyl halides is 1. The Balaban J connectivity index is 1.31. The molecule has 1 aromatic rings. The van der Waals surface area contributed by atoms with Crippen molar-refractivity contribution < 1.29 is 23.7 Å². The zero-order chi connectivity index (χ0) is 31.8. The summed E-state index contributed by atoms with van der Waals surface area (Å²) in [7, 11) is 0. The van der Waals surface area contributed by atoms with Gasteiger partial charge in [-0.15, -0.1) is 11.6 Å². The highest BCUT2D eigenvalue weighted by Gasteiger charge is 2.46. The molecular weight excluding hydrogens is 611 g/mol. The van der Waals surface area contributed by atoms with E-state index < -0.39 is 0 Å². The molecule has 1 amide bonds. The second kappa shape index (κ2) is 13.3. The number of carbonyl (C=O) groups is 1. The number of halogens is 2. The largest absolute Gasteiger partial charge is 0.379 e. The van der Waals surface area contributed by atoms with Gasteiger partial charge in [0.05, 0.1) is 43.8 Å². The molecule has 0 bridgehead atoms. The molecule has 2 saturated heterocycles. The van der Waals surface area contributed by atoms with Gasteiger partial charge in [0.2, 0.25) is 12.2 Å². The molecule has 1 atom stereocenters. The maximum Gasteiger partial charge on any atom is 0.288 e. The Kier molecular flexibility index (Phi) is 9.63. The quantitative estimate of drug-likeness (QED) is 0.275. The fourth-order valence-corrected chi connectivity index (χ4v) is 7.59. The van der Waals surface area contributed by atoms with Gasteiger partial charge in [-0.2, -0.15) is 9.64 Å². The highest BCUT2D eigenvalue weighted by molar-refractivity contribution is 6.30. The summed E-state index contributed by atoms with van der Waals surface area (Å²) >= 11 is 13.1. The molecule has 242 valence electrons. The molecular formula is C35H45Cl2N4O4+. The van der Waals surface area contributed by atoms with Gasteiger partial charge in [0.15, 0.2) is 5.71 Å². The van der Waals surface area contributed by atoms with E-state index in [1.54, 1.807) is 0 Å². The van der Waals surface area contributed by atoms with Gasteiger partial charge >= 0.3 is 0 Å². The lowest BCUT2D eigenvalue weighted by molar-refractivity contribution is -0.426. The number of morpholine rings is 2. The van der Waals surface area contributed by atoms with E-state index in [1.807, 2.05) is 28.2 Å². The van der Waals surface area contributed by atoms with E-state index in [1.165, 1.54) is 17.0 Å². The summed E-state index contributed by atoms with van der Waals surface area (Å²) in [4.78, 5) is 23.9. The first kappa shape index (κ1) is 32.5. The summed E-state index contributed by atoms with van der Waals surface area (Å²) in [6.07, 6.45) is 11.6. The van der Waals surface area contributed by atoms with Crippen LogP contribution < -0.4 is 0 Å². The fraction of sp³-hybridized carbons (Fsp3) is 0.543. The number of hydrogen-bond donors (Lipinski definition) is 0. The molecule has 4 heterocycles. The van der Waals surface area contributed by atoms with Crippen LogP contribution in [0.25, 0.3) is 0 Å². The number of amides is 1. The zero-order valence-corrected chi connectivity index (χ0v) is 28.4. The van der Waals surface area contributed by atoms with E-state index in [0.29, 0.717) is 51.1 Å². The maximum atomic E-state index is 13.5. The van der Waals surface area contributed by atoms with E-state index in [4.69, 9.17) is 37.5 Å². The molecule has 1 unspecified atom stereocenters. The van der Waals surface area contributed by atoms with Gasteiger partial charge in [-0.3, -0.25) is 9.63 Å². The minimum atomic E-state index is -0.344. The number of hydrogen-bond acceptors (Lipinski definition) is 6. The van der Waals surface area contributed by atoms with Gasteiger partial charge in [-0.1, -0.05) is 37.6 Å². The van der Waals surface area contributed by atoms with Crippen LogP contribution in [-0.4, -0.2) is 109 Å². The first-order chi connectivity index (χ1) is 21.6. The lowest BCUT2D eigenvalue weighted by atomic mass is 9.79. The monoisotopic (exact) mass is 655 g/mol. The van der Waals surface area contributed by atoms with Crippen molar-refractivity contribution in [2.24, 2.45) is 5.41 Å². The topological polar surface area (TPSA) is 57.5 Å². The van der Waals surface area contributed by atoms with Crippen molar-refractivity contribution in [2.75, 3.05) is 72.3 Å². The minimum Gasteiger partial charge on any atom is -0.379 e. The maximum absolute atomic E-state index is 13.5. The van der Waals surface area contributed by atoms with E-state index >= 15 is 0 Å². The van der Waals surface area contributed by atoms with Crippen LogP contribution in [0.3, 0.4) is 0 Å². The number of rotatable bonds is 8. The molecule has 10 heteroatoms.